The lowest BCUT2D eigenvalue weighted by Gasteiger charge is -2.06. The molecule has 0 N–H and O–H groups in total. The summed E-state index contributed by atoms with van der Waals surface area (Å²) in [6.45, 7) is 0.453. The number of thioether (sulfide) groups is 1. The first-order chi connectivity index (χ1) is 14.5. The fraction of sp³-hybridized carbons (Fsp3) is 0.0909. The summed E-state index contributed by atoms with van der Waals surface area (Å²) in [5.74, 6) is 1.93. The minimum atomic E-state index is -0.430. The summed E-state index contributed by atoms with van der Waals surface area (Å²) >= 11 is 0.873. The Labute approximate surface area is 176 Å². The molecule has 1 fully saturated rings. The third kappa shape index (κ3) is 3.58. The number of non-ortho nitro benzene ring substituents is 1. The molecule has 0 saturated carbocycles. The molecule has 0 unspecified atom stereocenters. The molecule has 3 aromatic rings. The number of benzene rings is 2. The number of hydrogen-bond donors (Lipinski definition) is 0. The van der Waals surface area contributed by atoms with Gasteiger partial charge in [-0.15, -0.1) is 6.42 Å². The van der Waals surface area contributed by atoms with Gasteiger partial charge in [0.25, 0.3) is 16.8 Å². The first kappa shape index (κ1) is 19.5. The second-order valence-electron chi connectivity index (χ2n) is 6.63. The Balaban J connectivity index is 1.69. The SMILES string of the molecule is C#CCN1C(=O)SC(=Cc2cn(Cc3ccc([N+](=O)[O-])cc3)c3ccccc23)C1=O. The van der Waals surface area contributed by atoms with Crippen LogP contribution in [-0.2, 0) is 11.3 Å². The number of carbonyl (C=O) groups excluding carboxylic acids is 2. The number of rotatable bonds is 5. The molecule has 0 spiro atoms. The van der Waals surface area contributed by atoms with Crippen LogP contribution in [0.2, 0.25) is 0 Å². The predicted molar refractivity (Wildman–Crippen MR) is 116 cm³/mol. The number of fused-ring (bicyclic) bond motifs is 1. The number of hydrogen-bond acceptors (Lipinski definition) is 5. The predicted octanol–water partition coefficient (Wildman–Crippen LogP) is 4.27. The number of para-hydroxylation sites is 1. The number of carbonyl (C=O) groups is 2. The maximum Gasteiger partial charge on any atom is 0.294 e. The van der Waals surface area contributed by atoms with E-state index >= 15 is 0 Å². The molecule has 2 heterocycles. The highest BCUT2D eigenvalue weighted by molar-refractivity contribution is 8.18. The van der Waals surface area contributed by atoms with Gasteiger partial charge in [0.1, 0.15) is 0 Å². The Morgan fingerprint density at radius 3 is 2.57 bits per heavy atom. The van der Waals surface area contributed by atoms with E-state index in [1.807, 2.05) is 35.0 Å². The minimum Gasteiger partial charge on any atom is -0.342 e. The van der Waals surface area contributed by atoms with E-state index in [1.54, 1.807) is 18.2 Å². The highest BCUT2D eigenvalue weighted by atomic mass is 32.2. The molecule has 4 rings (SSSR count). The van der Waals surface area contributed by atoms with E-state index in [9.17, 15) is 19.7 Å². The van der Waals surface area contributed by atoms with Crippen LogP contribution in [0.1, 0.15) is 11.1 Å². The van der Waals surface area contributed by atoms with Crippen LogP contribution < -0.4 is 0 Å². The molecule has 0 atom stereocenters. The molecule has 148 valence electrons. The van der Waals surface area contributed by atoms with E-state index in [0.717, 1.165) is 38.7 Å². The summed E-state index contributed by atoms with van der Waals surface area (Å²) in [5, 5.41) is 11.4. The van der Waals surface area contributed by atoms with Gasteiger partial charge >= 0.3 is 0 Å². The maximum atomic E-state index is 12.5. The average molecular weight is 417 g/mol. The third-order valence-corrected chi connectivity index (χ3v) is 5.64. The van der Waals surface area contributed by atoms with Crippen molar-refractivity contribution >= 4 is 45.6 Å². The van der Waals surface area contributed by atoms with Crippen molar-refractivity contribution in [1.29, 1.82) is 0 Å². The lowest BCUT2D eigenvalue weighted by atomic mass is 10.1. The van der Waals surface area contributed by atoms with Crippen molar-refractivity contribution in [3.8, 4) is 12.3 Å². The molecule has 0 radical (unpaired) electrons. The summed E-state index contributed by atoms with van der Waals surface area (Å²) in [4.78, 5) is 36.3. The van der Waals surface area contributed by atoms with Gasteiger partial charge in [-0.2, -0.15) is 0 Å². The van der Waals surface area contributed by atoms with Gasteiger partial charge < -0.3 is 4.57 Å². The minimum absolute atomic E-state index is 0.0412. The zero-order valence-electron chi connectivity index (χ0n) is 15.6. The highest BCUT2D eigenvalue weighted by Gasteiger charge is 2.34. The Bertz CT molecular complexity index is 1250. The molecule has 1 aliphatic heterocycles. The molecule has 8 heteroatoms. The smallest absolute Gasteiger partial charge is 0.294 e. The summed E-state index contributed by atoms with van der Waals surface area (Å²) in [6.07, 6.45) is 8.85. The monoisotopic (exact) mass is 417 g/mol. The first-order valence-electron chi connectivity index (χ1n) is 8.98. The van der Waals surface area contributed by atoms with Crippen molar-refractivity contribution in [1.82, 2.24) is 9.47 Å². The standard InChI is InChI=1S/C22H15N3O4S/c1-2-11-24-21(26)20(30-22(24)27)12-16-14-23(19-6-4-3-5-18(16)19)13-15-7-9-17(10-8-15)25(28)29/h1,3-10,12,14H,11,13H2. The van der Waals surface area contributed by atoms with Gasteiger partial charge in [0.2, 0.25) is 0 Å². The number of terminal acetylenes is 1. The molecule has 1 aliphatic rings. The normalized spacial score (nSPS) is 15.2. The highest BCUT2D eigenvalue weighted by Crippen LogP contribution is 2.34. The molecule has 7 nitrogen and oxygen atoms in total. The Hall–Kier alpha value is -3.83. The van der Waals surface area contributed by atoms with Crippen molar-refractivity contribution in [2.75, 3.05) is 6.54 Å². The number of nitro groups is 1. The lowest BCUT2D eigenvalue weighted by Crippen LogP contribution is -2.28. The zero-order chi connectivity index (χ0) is 21.3. The van der Waals surface area contributed by atoms with Gasteiger partial charge in [-0.1, -0.05) is 36.3 Å². The zero-order valence-corrected chi connectivity index (χ0v) is 16.5. The van der Waals surface area contributed by atoms with E-state index in [2.05, 4.69) is 5.92 Å². The van der Waals surface area contributed by atoms with Crippen LogP contribution in [0.15, 0.2) is 59.6 Å². The maximum absolute atomic E-state index is 12.5. The summed E-state index contributed by atoms with van der Waals surface area (Å²) in [5.41, 5.74) is 2.70. The van der Waals surface area contributed by atoms with Crippen molar-refractivity contribution < 1.29 is 14.5 Å². The van der Waals surface area contributed by atoms with Crippen molar-refractivity contribution in [3.63, 3.8) is 0 Å². The molecule has 30 heavy (non-hydrogen) atoms. The van der Waals surface area contributed by atoms with Crippen LogP contribution in [0.3, 0.4) is 0 Å². The number of imide groups is 1. The summed E-state index contributed by atoms with van der Waals surface area (Å²) in [7, 11) is 0. The second kappa shape index (κ2) is 7.89. The van der Waals surface area contributed by atoms with E-state index in [4.69, 9.17) is 6.42 Å². The van der Waals surface area contributed by atoms with E-state index in [0.29, 0.717) is 11.4 Å². The molecule has 1 saturated heterocycles. The molecular weight excluding hydrogens is 402 g/mol. The van der Waals surface area contributed by atoms with Crippen LogP contribution in [0, 0.1) is 22.5 Å². The van der Waals surface area contributed by atoms with Gasteiger partial charge in [0, 0.05) is 41.3 Å². The van der Waals surface area contributed by atoms with E-state index < -0.39 is 10.8 Å². The van der Waals surface area contributed by atoms with Crippen LogP contribution in [0.25, 0.3) is 17.0 Å². The van der Waals surface area contributed by atoms with Gasteiger partial charge in [0.15, 0.2) is 0 Å². The van der Waals surface area contributed by atoms with Gasteiger partial charge in [0.05, 0.1) is 16.4 Å². The van der Waals surface area contributed by atoms with Gasteiger partial charge in [-0.05, 0) is 29.5 Å². The molecule has 2 amide bonds. The topological polar surface area (TPSA) is 85.4 Å². The molecular formula is C22H15N3O4S. The Morgan fingerprint density at radius 2 is 1.87 bits per heavy atom. The second-order valence-corrected chi connectivity index (χ2v) is 7.62. The fourth-order valence-electron chi connectivity index (χ4n) is 3.31. The molecule has 2 aromatic carbocycles. The summed E-state index contributed by atoms with van der Waals surface area (Å²) in [6, 6.07) is 14.1. The number of nitro benzene ring substituents is 1. The van der Waals surface area contributed by atoms with Crippen molar-refractivity contribution in [2.45, 2.75) is 6.54 Å². The van der Waals surface area contributed by atoms with E-state index in [1.165, 1.54) is 12.1 Å². The van der Waals surface area contributed by atoms with Crippen LogP contribution in [0.5, 0.6) is 0 Å². The number of amides is 2. The van der Waals surface area contributed by atoms with Crippen LogP contribution in [0.4, 0.5) is 10.5 Å². The Kier molecular flexibility index (Phi) is 5.12. The molecule has 1 aromatic heterocycles. The van der Waals surface area contributed by atoms with Gasteiger partial charge in [-0.3, -0.25) is 24.6 Å². The van der Waals surface area contributed by atoms with Crippen molar-refractivity contribution in [3.05, 3.63) is 80.9 Å². The van der Waals surface area contributed by atoms with Crippen LogP contribution >= 0.6 is 11.8 Å². The van der Waals surface area contributed by atoms with Gasteiger partial charge in [-0.25, -0.2) is 0 Å². The molecule has 0 aliphatic carbocycles. The molecule has 0 bridgehead atoms. The fourth-order valence-corrected chi connectivity index (χ4v) is 4.14. The third-order valence-electron chi connectivity index (χ3n) is 4.73. The average Bonchev–Trinajstić information content (AvgIpc) is 3.21. The number of nitrogens with zero attached hydrogens (tertiary/aromatic N) is 3. The quantitative estimate of drug-likeness (QED) is 0.268. The van der Waals surface area contributed by atoms with E-state index in [-0.39, 0.29) is 17.5 Å². The van der Waals surface area contributed by atoms with Crippen LogP contribution in [-0.4, -0.2) is 32.1 Å². The lowest BCUT2D eigenvalue weighted by molar-refractivity contribution is -0.384. The van der Waals surface area contributed by atoms with Crippen molar-refractivity contribution in [2.24, 2.45) is 0 Å². The summed E-state index contributed by atoms with van der Waals surface area (Å²) < 4.78 is 2.01. The first-order valence-corrected chi connectivity index (χ1v) is 9.79. The largest absolute Gasteiger partial charge is 0.342 e. The number of aromatic nitrogens is 1. The Morgan fingerprint density at radius 1 is 1.13 bits per heavy atom.